The Balaban J connectivity index is 1.22. The molecule has 7 amide bonds. The van der Waals surface area contributed by atoms with Gasteiger partial charge < -0.3 is 87.9 Å². The summed E-state index contributed by atoms with van der Waals surface area (Å²) in [5, 5.41) is 97.8. The number of nitrogens with one attached hydrogen (secondary N) is 7. The van der Waals surface area contributed by atoms with Crippen LogP contribution in [0.2, 0.25) is 0 Å². The van der Waals surface area contributed by atoms with Gasteiger partial charge in [0, 0.05) is 57.7 Å². The number of unbranched alkanes of at least 4 members (excludes halogenated alkanes) is 2. The van der Waals surface area contributed by atoms with E-state index < -0.39 is 146 Å². The summed E-state index contributed by atoms with van der Waals surface area (Å²) < 4.78 is 5.87. The van der Waals surface area contributed by atoms with Crippen LogP contribution in [0.25, 0.3) is 22.3 Å². The minimum Gasteiger partial charge on any atom is -0.508 e. The Morgan fingerprint density at radius 3 is 1.80 bits per heavy atom. The number of ether oxygens (including phenoxy) is 1. The molecular weight excluding hydrogens is 1140 g/mol. The number of fused-ring (bicyclic) bond motifs is 2. The highest BCUT2D eigenvalue weighted by atomic mass is 16.5. The number of hydrogen-bond donors (Lipinski definition) is 15. The van der Waals surface area contributed by atoms with Crippen LogP contribution in [0.3, 0.4) is 0 Å². The topological polar surface area (TPSA) is 387 Å². The Labute approximate surface area is 511 Å². The molecule has 0 bridgehead atoms. The zero-order valence-corrected chi connectivity index (χ0v) is 50.3. The van der Waals surface area contributed by atoms with Gasteiger partial charge in [0.15, 0.2) is 0 Å². The molecule has 0 aromatic heterocycles. The summed E-state index contributed by atoms with van der Waals surface area (Å²) >= 11 is 0. The Kier molecular flexibility index (Phi) is 24.3. The molecule has 6 unspecified atom stereocenters. The molecule has 88 heavy (non-hydrogen) atoms. The first-order valence-electron chi connectivity index (χ1n) is 30.1. The number of phenols is 1. The standard InChI is InChI=1S/C63H86N10O15/c1-6-7-8-29-88-46-23-19-41(20-24-46)39-11-9-38(10-12-39)40-13-15-43(16-14-40)57(81)67-47-31-49(78)56(66-28-27-65-26-25-64)71-61(85)53-35(3)34(2)32-73(53)63(87)51(37(5)75)69-60(84)52(55(80)54(79)42-17-21-44(76)22-18-42)70-59(83)48-30-45(77)33-72(48)62(86)50(36(4)74)68-58(47)82/h9-24,34-37,45,47-56,65-66,74-80H,6-8,25-33,64H2,1-5H3,(H,67,81)(H,68,82)(H,69,84)(H,70,83)(H,71,85)/t34-,35-,36+,37+,45+,47?,48?,49+,50?,51?,52?,53?,54-,55-,56-/m0/s1. The van der Waals surface area contributed by atoms with Crippen molar-refractivity contribution in [2.24, 2.45) is 17.6 Å². The van der Waals surface area contributed by atoms with Crippen LogP contribution in [-0.4, -0.2) is 206 Å². The average molecular weight is 1220 g/mol. The van der Waals surface area contributed by atoms with Crippen molar-refractivity contribution in [3.05, 3.63) is 108 Å². The lowest BCUT2D eigenvalue weighted by Gasteiger charge is -2.34. The van der Waals surface area contributed by atoms with E-state index in [1.165, 1.54) is 43.3 Å². The average Bonchev–Trinajstić information content (AvgIpc) is 2.10. The van der Waals surface area contributed by atoms with Crippen LogP contribution in [0.5, 0.6) is 11.5 Å². The Morgan fingerprint density at radius 1 is 0.659 bits per heavy atom. The van der Waals surface area contributed by atoms with Crippen molar-refractivity contribution < 1.29 is 74.0 Å². The predicted octanol–water partition coefficient (Wildman–Crippen LogP) is -0.506. The van der Waals surface area contributed by atoms with Crippen molar-refractivity contribution in [2.75, 3.05) is 45.9 Å². The number of nitrogens with zero attached hydrogens (tertiary/aromatic N) is 2. The molecule has 0 spiro atoms. The minimum atomic E-state index is -2.25. The minimum absolute atomic E-state index is 0.0352. The number of hydrogen-bond acceptors (Lipinski definition) is 18. The van der Waals surface area contributed by atoms with E-state index in [9.17, 15) is 69.3 Å². The van der Waals surface area contributed by atoms with Gasteiger partial charge in [0.2, 0.25) is 35.4 Å². The smallest absolute Gasteiger partial charge is 0.251 e. The van der Waals surface area contributed by atoms with Crippen LogP contribution < -0.4 is 47.7 Å². The maximum atomic E-state index is 14.8. The lowest BCUT2D eigenvalue weighted by Crippen LogP contribution is -2.64. The Bertz CT molecular complexity index is 2990. The van der Waals surface area contributed by atoms with Crippen molar-refractivity contribution in [2.45, 2.75) is 146 Å². The Morgan fingerprint density at radius 2 is 1.22 bits per heavy atom. The SMILES string of the molecule is CCCCCOc1ccc(-c2ccc(-c3ccc(C(=O)NC4C[C@@H](O)[C@@H](NCCNCCN)NC(=O)C5[C@@H](C)[C@@H](C)CN5C(=O)C([C@@H](C)O)NC(=O)C([C@H](O)[C@@H](O)c5ccc(O)cc5)NC(=O)C5C[C@@H](O)CN5C(=O)C([C@@H](C)O)NC4=O)cc3)cc2)cc1. The van der Waals surface area contributed by atoms with Crippen molar-refractivity contribution in [3.8, 4) is 33.8 Å². The second kappa shape index (κ2) is 31.5. The van der Waals surface area contributed by atoms with Gasteiger partial charge in [-0.15, -0.1) is 0 Å². The fourth-order valence-electron chi connectivity index (χ4n) is 11.2. The zero-order valence-electron chi connectivity index (χ0n) is 50.3. The summed E-state index contributed by atoms with van der Waals surface area (Å²) in [4.78, 5) is 105. The Hall–Kier alpha value is -7.59. The number of aliphatic hydroxyl groups excluding tert-OH is 6. The maximum Gasteiger partial charge on any atom is 0.251 e. The van der Waals surface area contributed by atoms with Gasteiger partial charge in [0.05, 0.1) is 31.0 Å². The molecule has 0 radical (unpaired) electrons. The molecule has 3 aliphatic rings. The second-order valence-corrected chi connectivity index (χ2v) is 23.2. The molecule has 4 aromatic rings. The molecule has 0 aliphatic carbocycles. The molecule has 3 fully saturated rings. The third-order valence-corrected chi connectivity index (χ3v) is 16.5. The monoisotopic (exact) mass is 1220 g/mol. The fourth-order valence-corrected chi connectivity index (χ4v) is 11.2. The van der Waals surface area contributed by atoms with Gasteiger partial charge >= 0.3 is 0 Å². The quantitative estimate of drug-likeness (QED) is 0.0496. The summed E-state index contributed by atoms with van der Waals surface area (Å²) in [7, 11) is 0. The fraction of sp³-hybridized carbons (Fsp3) is 0.508. The molecule has 478 valence electrons. The van der Waals surface area contributed by atoms with E-state index in [1.807, 2.05) is 48.5 Å². The summed E-state index contributed by atoms with van der Waals surface area (Å²) in [6, 6.07) is 16.3. The number of carbonyl (C=O) groups is 7. The van der Waals surface area contributed by atoms with Gasteiger partial charge in [-0.1, -0.05) is 94.3 Å². The summed E-state index contributed by atoms with van der Waals surface area (Å²) in [5.74, 6) is -7.69. The van der Waals surface area contributed by atoms with Gasteiger partial charge in [-0.3, -0.25) is 38.9 Å². The molecule has 16 N–H and O–H groups in total. The first kappa shape index (κ1) is 67.9. The first-order valence-corrected chi connectivity index (χ1v) is 30.1. The van der Waals surface area contributed by atoms with E-state index in [0.717, 1.165) is 64.0 Å². The third kappa shape index (κ3) is 17.2. The first-order chi connectivity index (χ1) is 42.0. The van der Waals surface area contributed by atoms with Crippen molar-refractivity contribution in [3.63, 3.8) is 0 Å². The summed E-state index contributed by atoms with van der Waals surface area (Å²) in [6.07, 6.45) is -10.2. The van der Waals surface area contributed by atoms with E-state index in [2.05, 4.69) is 44.1 Å². The third-order valence-electron chi connectivity index (χ3n) is 16.5. The molecular formula is C63H86N10O15. The number of nitrogens with two attached hydrogens (primary N) is 1. The maximum absolute atomic E-state index is 14.8. The van der Waals surface area contributed by atoms with E-state index in [-0.39, 0.29) is 42.4 Å². The molecule has 0 saturated carbocycles. The number of amides is 7. The van der Waals surface area contributed by atoms with Gasteiger partial charge in [-0.2, -0.15) is 0 Å². The second-order valence-electron chi connectivity index (χ2n) is 23.2. The molecule has 3 heterocycles. The van der Waals surface area contributed by atoms with E-state index in [1.54, 1.807) is 26.0 Å². The molecule has 25 heteroatoms. The van der Waals surface area contributed by atoms with E-state index in [4.69, 9.17) is 10.5 Å². The van der Waals surface area contributed by atoms with Crippen molar-refractivity contribution in [1.29, 1.82) is 0 Å². The number of phenolic OH excluding ortho intramolecular Hbond substituents is 1. The highest BCUT2D eigenvalue weighted by Crippen LogP contribution is 2.32. The van der Waals surface area contributed by atoms with Crippen LogP contribution in [0.4, 0.5) is 0 Å². The van der Waals surface area contributed by atoms with Crippen molar-refractivity contribution >= 4 is 41.4 Å². The molecule has 3 saturated heterocycles. The zero-order chi connectivity index (χ0) is 63.9. The molecule has 3 aliphatic heterocycles. The highest BCUT2D eigenvalue weighted by molar-refractivity contribution is 6.00. The number of rotatable bonds is 20. The molecule has 25 nitrogen and oxygen atoms in total. The lowest BCUT2D eigenvalue weighted by molar-refractivity contribution is -0.147. The van der Waals surface area contributed by atoms with Crippen molar-refractivity contribution in [1.82, 2.24) is 47.0 Å². The normalized spacial score (nSPS) is 26.5. The van der Waals surface area contributed by atoms with E-state index >= 15 is 0 Å². The molecule has 7 rings (SSSR count). The van der Waals surface area contributed by atoms with E-state index in [0.29, 0.717) is 19.7 Å². The lowest BCUT2D eigenvalue weighted by atomic mass is 9.93. The van der Waals surface area contributed by atoms with Gasteiger partial charge in [-0.25, -0.2) is 0 Å². The largest absolute Gasteiger partial charge is 0.508 e. The number of aliphatic hydroxyl groups is 6. The highest BCUT2D eigenvalue weighted by Gasteiger charge is 2.49. The van der Waals surface area contributed by atoms with Crippen LogP contribution in [0.15, 0.2) is 97.1 Å². The van der Waals surface area contributed by atoms with Crippen LogP contribution in [0, 0.1) is 11.8 Å². The van der Waals surface area contributed by atoms with Crippen LogP contribution in [0.1, 0.15) is 88.7 Å². The number of carbonyl (C=O) groups excluding carboxylic acids is 7. The van der Waals surface area contributed by atoms with Gasteiger partial charge in [0.25, 0.3) is 5.91 Å². The summed E-state index contributed by atoms with van der Waals surface area (Å²) in [5.41, 5.74) is 9.29. The number of aromatic hydroxyl groups is 1. The van der Waals surface area contributed by atoms with Crippen LogP contribution >= 0.6 is 0 Å². The molecule has 15 atom stereocenters. The number of benzene rings is 4. The summed E-state index contributed by atoms with van der Waals surface area (Å²) in [6.45, 7) is 9.04. The predicted molar refractivity (Wildman–Crippen MR) is 324 cm³/mol. The van der Waals surface area contributed by atoms with Crippen LogP contribution in [-0.2, 0) is 28.8 Å². The van der Waals surface area contributed by atoms with Gasteiger partial charge in [-0.05, 0) is 96.3 Å². The van der Waals surface area contributed by atoms with Gasteiger partial charge in [0.1, 0.15) is 66.1 Å². The molecule has 4 aromatic carbocycles.